The van der Waals surface area contributed by atoms with Gasteiger partial charge in [-0.3, -0.25) is 14.9 Å². The Morgan fingerprint density at radius 2 is 1.96 bits per heavy atom. The Bertz CT molecular complexity index is 687. The van der Waals surface area contributed by atoms with Gasteiger partial charge in [-0.1, -0.05) is 13.8 Å². The first-order valence-electron chi connectivity index (χ1n) is 8.34. The second-order valence-electron chi connectivity index (χ2n) is 7.72. The number of aryl methyl sites for hydroxylation is 2. The van der Waals surface area contributed by atoms with Crippen molar-refractivity contribution in [2.75, 3.05) is 5.32 Å². The number of carbonyl (C=O) groups excluding carboxylic acids is 2. The number of carbonyl (C=O) groups is 2. The molecule has 0 aromatic carbocycles. The molecule has 1 saturated carbocycles. The van der Waals surface area contributed by atoms with Crippen LogP contribution in [0.5, 0.6) is 0 Å². The van der Waals surface area contributed by atoms with Crippen molar-refractivity contribution in [3.05, 3.63) is 10.6 Å². The predicted molar refractivity (Wildman–Crippen MR) is 87.3 cm³/mol. The number of fused-ring (bicyclic) bond motifs is 3. The van der Waals surface area contributed by atoms with Gasteiger partial charge in [0.15, 0.2) is 10.7 Å². The molecule has 2 unspecified atom stereocenters. The number of nitrogens with one attached hydrogen (secondary N) is 1. The highest BCUT2D eigenvalue weighted by atomic mass is 32.1. The molecular weight excluding hydrogens is 312 g/mol. The molecule has 2 fully saturated rings. The lowest BCUT2D eigenvalue weighted by Crippen LogP contribution is -2.50. The van der Waals surface area contributed by atoms with Crippen molar-refractivity contribution >= 4 is 28.3 Å². The third-order valence-electron chi connectivity index (χ3n) is 6.52. The lowest BCUT2D eigenvalue weighted by Gasteiger charge is -2.35. The van der Waals surface area contributed by atoms with Crippen LogP contribution in [0.15, 0.2) is 0 Å². The number of aromatic nitrogens is 1. The number of esters is 1. The van der Waals surface area contributed by atoms with Crippen molar-refractivity contribution in [2.24, 2.45) is 10.8 Å². The number of ether oxygens (including phenoxy) is 1. The molecule has 2 aliphatic carbocycles. The minimum absolute atomic E-state index is 0.219. The van der Waals surface area contributed by atoms with Crippen molar-refractivity contribution in [2.45, 2.75) is 64.9 Å². The van der Waals surface area contributed by atoms with E-state index in [0.717, 1.165) is 25.0 Å². The Kier molecular flexibility index (Phi) is 3.00. The SMILES string of the molecule is CC12CCC(C(=O)Nc3nc4c(s3)CCCC4)(OC1=O)C2(C)C. The van der Waals surface area contributed by atoms with Gasteiger partial charge in [-0.2, -0.15) is 0 Å². The molecule has 6 heteroatoms. The highest BCUT2D eigenvalue weighted by molar-refractivity contribution is 7.15. The van der Waals surface area contributed by atoms with Crippen molar-refractivity contribution < 1.29 is 14.3 Å². The number of rotatable bonds is 2. The van der Waals surface area contributed by atoms with E-state index in [1.54, 1.807) is 11.3 Å². The Balaban J connectivity index is 1.62. The average Bonchev–Trinajstić information content (AvgIpc) is 3.04. The highest BCUT2D eigenvalue weighted by Gasteiger charge is 2.75. The summed E-state index contributed by atoms with van der Waals surface area (Å²) in [6, 6.07) is 0. The van der Waals surface area contributed by atoms with Crippen LogP contribution in [-0.2, 0) is 27.2 Å². The lowest BCUT2D eigenvalue weighted by molar-refractivity contribution is -0.165. The van der Waals surface area contributed by atoms with Crippen LogP contribution in [0.3, 0.4) is 0 Å². The second-order valence-corrected chi connectivity index (χ2v) is 8.81. The van der Waals surface area contributed by atoms with Crippen LogP contribution in [0.1, 0.15) is 57.0 Å². The molecule has 1 N–H and O–H groups in total. The van der Waals surface area contributed by atoms with Crippen LogP contribution in [0, 0.1) is 10.8 Å². The molecule has 1 aromatic heterocycles. The maximum atomic E-state index is 13.0. The first kappa shape index (κ1) is 15.1. The molecule has 4 rings (SSSR count). The third-order valence-corrected chi connectivity index (χ3v) is 7.59. The van der Waals surface area contributed by atoms with Crippen molar-refractivity contribution in [1.82, 2.24) is 4.98 Å². The summed E-state index contributed by atoms with van der Waals surface area (Å²) in [6.07, 6.45) is 5.67. The molecule has 1 saturated heterocycles. The molecule has 2 bridgehead atoms. The molecule has 2 atom stereocenters. The van der Waals surface area contributed by atoms with Crippen LogP contribution >= 0.6 is 11.3 Å². The van der Waals surface area contributed by atoms with Crippen LogP contribution in [0.4, 0.5) is 5.13 Å². The fourth-order valence-corrected chi connectivity index (χ4v) is 5.40. The monoisotopic (exact) mass is 334 g/mol. The van der Waals surface area contributed by atoms with Gasteiger partial charge in [-0.15, -0.1) is 11.3 Å². The van der Waals surface area contributed by atoms with Crippen molar-refractivity contribution in [1.29, 1.82) is 0 Å². The summed E-state index contributed by atoms with van der Waals surface area (Å²) in [4.78, 5) is 31.1. The molecule has 1 aliphatic heterocycles. The summed E-state index contributed by atoms with van der Waals surface area (Å²) in [5.74, 6) is -0.467. The van der Waals surface area contributed by atoms with Gasteiger partial charge in [0.25, 0.3) is 5.91 Å². The van der Waals surface area contributed by atoms with Gasteiger partial charge < -0.3 is 4.74 Å². The van der Waals surface area contributed by atoms with Gasteiger partial charge in [-0.25, -0.2) is 4.98 Å². The fourth-order valence-electron chi connectivity index (χ4n) is 4.35. The smallest absolute Gasteiger partial charge is 0.313 e. The normalized spacial score (nSPS) is 34.1. The van der Waals surface area contributed by atoms with E-state index in [1.165, 1.54) is 11.3 Å². The predicted octanol–water partition coefficient (Wildman–Crippen LogP) is 3.08. The molecule has 3 aliphatic rings. The third kappa shape index (κ3) is 1.76. The maximum absolute atomic E-state index is 13.0. The fraction of sp³-hybridized carbons (Fsp3) is 0.706. The topological polar surface area (TPSA) is 68.3 Å². The summed E-state index contributed by atoms with van der Waals surface area (Å²) in [7, 11) is 0. The van der Waals surface area contributed by atoms with E-state index in [-0.39, 0.29) is 11.9 Å². The second kappa shape index (κ2) is 4.56. The molecule has 5 nitrogen and oxygen atoms in total. The molecule has 23 heavy (non-hydrogen) atoms. The van der Waals surface area contributed by atoms with Gasteiger partial charge in [-0.05, 0) is 45.4 Å². The minimum Gasteiger partial charge on any atom is -0.448 e. The van der Waals surface area contributed by atoms with Crippen LogP contribution in [0.2, 0.25) is 0 Å². The Morgan fingerprint density at radius 3 is 2.57 bits per heavy atom. The van der Waals surface area contributed by atoms with Crippen LogP contribution in [0.25, 0.3) is 0 Å². The number of nitrogens with zero attached hydrogens (tertiary/aromatic N) is 1. The van der Waals surface area contributed by atoms with Crippen LogP contribution in [-0.4, -0.2) is 22.5 Å². The molecular formula is C17H22N2O3S. The quantitative estimate of drug-likeness (QED) is 0.844. The lowest BCUT2D eigenvalue weighted by atomic mass is 9.66. The molecule has 1 amide bonds. The van der Waals surface area contributed by atoms with Gasteiger partial charge in [0.1, 0.15) is 0 Å². The molecule has 0 radical (unpaired) electrons. The van der Waals surface area contributed by atoms with Crippen molar-refractivity contribution in [3.8, 4) is 0 Å². The summed E-state index contributed by atoms with van der Waals surface area (Å²) >= 11 is 1.56. The maximum Gasteiger partial charge on any atom is 0.313 e. The average molecular weight is 334 g/mol. The molecule has 2 heterocycles. The Hall–Kier alpha value is -1.43. The van der Waals surface area contributed by atoms with Gasteiger partial charge in [0, 0.05) is 10.3 Å². The number of anilines is 1. The first-order valence-corrected chi connectivity index (χ1v) is 9.15. The van der Waals surface area contributed by atoms with Crippen molar-refractivity contribution in [3.63, 3.8) is 0 Å². The molecule has 0 spiro atoms. The molecule has 1 aromatic rings. The highest BCUT2D eigenvalue weighted by Crippen LogP contribution is 2.65. The van der Waals surface area contributed by atoms with E-state index in [1.807, 2.05) is 20.8 Å². The summed E-state index contributed by atoms with van der Waals surface area (Å²) in [5, 5.41) is 3.59. The van der Waals surface area contributed by atoms with Gasteiger partial charge >= 0.3 is 5.97 Å². The Morgan fingerprint density at radius 1 is 1.22 bits per heavy atom. The van der Waals surface area contributed by atoms with E-state index in [9.17, 15) is 9.59 Å². The Labute approximate surface area is 139 Å². The van der Waals surface area contributed by atoms with Gasteiger partial charge in [0.05, 0.1) is 11.1 Å². The summed E-state index contributed by atoms with van der Waals surface area (Å²) in [6.45, 7) is 5.86. The summed E-state index contributed by atoms with van der Waals surface area (Å²) < 4.78 is 5.63. The number of amides is 1. The van der Waals surface area contributed by atoms with Gasteiger partial charge in [0.2, 0.25) is 0 Å². The standard InChI is InChI=1S/C17H22N2O3S/c1-15(2)16(3)8-9-17(15,22-13(16)21)12(20)19-14-18-10-6-4-5-7-11(10)23-14/h4-9H2,1-3H3,(H,18,19,20). The zero-order valence-electron chi connectivity index (χ0n) is 13.8. The number of hydrogen-bond acceptors (Lipinski definition) is 5. The van der Waals surface area contributed by atoms with E-state index in [2.05, 4.69) is 10.3 Å². The largest absolute Gasteiger partial charge is 0.448 e. The van der Waals surface area contributed by atoms with E-state index in [0.29, 0.717) is 18.0 Å². The minimum atomic E-state index is -1.06. The zero-order chi connectivity index (χ0) is 16.5. The molecule has 124 valence electrons. The van der Waals surface area contributed by atoms with E-state index < -0.39 is 16.4 Å². The number of hydrogen-bond donors (Lipinski definition) is 1. The first-order chi connectivity index (χ1) is 10.8. The van der Waals surface area contributed by atoms with E-state index >= 15 is 0 Å². The number of thiazole rings is 1. The van der Waals surface area contributed by atoms with E-state index in [4.69, 9.17) is 4.74 Å². The summed E-state index contributed by atoms with van der Waals surface area (Å²) in [5.41, 5.74) is -1.04. The zero-order valence-corrected chi connectivity index (χ0v) is 14.6. The van der Waals surface area contributed by atoms with Crippen LogP contribution < -0.4 is 5.32 Å².